The van der Waals surface area contributed by atoms with Crippen molar-refractivity contribution in [1.29, 1.82) is 0 Å². The summed E-state index contributed by atoms with van der Waals surface area (Å²) in [6.45, 7) is 1.76. The molecule has 5 nitrogen and oxygen atoms in total. The molecular weight excluding hydrogens is 208 g/mol. The fourth-order valence-electron chi connectivity index (χ4n) is 2.59. The van der Waals surface area contributed by atoms with E-state index in [0.717, 1.165) is 32.2 Å². The third-order valence-corrected chi connectivity index (χ3v) is 3.55. The second-order valence-electron chi connectivity index (χ2n) is 4.71. The molecule has 5 heteroatoms. The Labute approximate surface area is 95.5 Å². The Morgan fingerprint density at radius 2 is 2.25 bits per heavy atom. The van der Waals surface area contributed by atoms with Crippen molar-refractivity contribution >= 4 is 5.91 Å². The fraction of sp³-hybridized carbons (Fsp3) is 0.909. The lowest BCUT2D eigenvalue weighted by atomic mass is 9.97. The average Bonchev–Trinajstić information content (AvgIpc) is 2.77. The molecule has 0 saturated carbocycles. The van der Waals surface area contributed by atoms with Gasteiger partial charge in [0.05, 0.1) is 18.6 Å². The van der Waals surface area contributed by atoms with E-state index in [4.69, 9.17) is 15.6 Å². The monoisotopic (exact) mass is 228 g/mol. The number of likely N-dealkylation sites (tertiary alicyclic amines) is 1. The molecule has 0 bridgehead atoms. The maximum absolute atomic E-state index is 11.2. The molecule has 16 heavy (non-hydrogen) atoms. The van der Waals surface area contributed by atoms with Crippen LogP contribution in [0.4, 0.5) is 0 Å². The molecule has 2 aliphatic rings. The zero-order valence-electron chi connectivity index (χ0n) is 9.47. The van der Waals surface area contributed by atoms with Crippen LogP contribution in [-0.2, 0) is 9.53 Å². The molecule has 2 rings (SSSR count). The fourth-order valence-corrected chi connectivity index (χ4v) is 2.59. The summed E-state index contributed by atoms with van der Waals surface area (Å²) in [5.74, 6) is -0.244. The summed E-state index contributed by atoms with van der Waals surface area (Å²) >= 11 is 0. The van der Waals surface area contributed by atoms with E-state index in [9.17, 15) is 4.79 Å². The van der Waals surface area contributed by atoms with E-state index < -0.39 is 0 Å². The summed E-state index contributed by atoms with van der Waals surface area (Å²) in [7, 11) is 0. The van der Waals surface area contributed by atoms with Gasteiger partial charge < -0.3 is 15.6 Å². The summed E-state index contributed by atoms with van der Waals surface area (Å²) < 4.78 is 5.70. The van der Waals surface area contributed by atoms with Crippen LogP contribution >= 0.6 is 0 Å². The number of carbonyl (C=O) groups excluding carboxylic acids is 1. The number of rotatable bonds is 3. The standard InChI is InChI=1S/C11H20N2O3/c12-11(15)8-2-1-5-13(6-8)10-4-3-9(7-14)16-10/h8-10,14H,1-7H2,(H2,12,15)/t8?,9-,10+/m0/s1. The van der Waals surface area contributed by atoms with Gasteiger partial charge in [0.15, 0.2) is 0 Å². The summed E-state index contributed by atoms with van der Waals surface area (Å²) in [6, 6.07) is 0. The average molecular weight is 228 g/mol. The normalized spacial score (nSPS) is 36.4. The molecule has 92 valence electrons. The minimum atomic E-state index is -0.207. The first-order chi connectivity index (χ1) is 7.70. The molecule has 1 unspecified atom stereocenters. The van der Waals surface area contributed by atoms with Gasteiger partial charge in [-0.1, -0.05) is 0 Å². The van der Waals surface area contributed by atoms with Gasteiger partial charge in [0, 0.05) is 13.1 Å². The molecule has 0 aromatic heterocycles. The molecule has 0 aromatic carbocycles. The van der Waals surface area contributed by atoms with Gasteiger partial charge in [0.1, 0.15) is 6.23 Å². The minimum absolute atomic E-state index is 0.0287. The molecule has 2 saturated heterocycles. The van der Waals surface area contributed by atoms with Gasteiger partial charge >= 0.3 is 0 Å². The largest absolute Gasteiger partial charge is 0.394 e. The minimum Gasteiger partial charge on any atom is -0.394 e. The van der Waals surface area contributed by atoms with Crippen molar-refractivity contribution in [2.24, 2.45) is 11.7 Å². The Hall–Kier alpha value is -0.650. The van der Waals surface area contributed by atoms with E-state index in [0.29, 0.717) is 6.54 Å². The van der Waals surface area contributed by atoms with Gasteiger partial charge in [-0.2, -0.15) is 0 Å². The molecule has 0 aliphatic carbocycles. The van der Waals surface area contributed by atoms with Crippen LogP contribution in [0, 0.1) is 5.92 Å². The van der Waals surface area contributed by atoms with Crippen LogP contribution in [-0.4, -0.2) is 47.9 Å². The molecule has 2 aliphatic heterocycles. The zero-order valence-corrected chi connectivity index (χ0v) is 9.47. The Morgan fingerprint density at radius 3 is 2.88 bits per heavy atom. The molecule has 3 atom stereocenters. The highest BCUT2D eigenvalue weighted by Gasteiger charge is 2.33. The molecule has 3 N–H and O–H groups in total. The number of ether oxygens (including phenoxy) is 1. The Kier molecular flexibility index (Phi) is 3.78. The van der Waals surface area contributed by atoms with Gasteiger partial charge in [-0.05, 0) is 25.7 Å². The van der Waals surface area contributed by atoms with E-state index in [1.807, 2.05) is 0 Å². The van der Waals surface area contributed by atoms with E-state index in [1.165, 1.54) is 0 Å². The Bertz CT molecular complexity index is 260. The van der Waals surface area contributed by atoms with Gasteiger partial charge in [-0.15, -0.1) is 0 Å². The van der Waals surface area contributed by atoms with E-state index in [-0.39, 0.29) is 30.8 Å². The molecule has 1 amide bonds. The first-order valence-corrected chi connectivity index (χ1v) is 6.00. The Balaban J connectivity index is 1.87. The van der Waals surface area contributed by atoms with Gasteiger partial charge in [0.25, 0.3) is 0 Å². The number of amides is 1. The number of aliphatic hydroxyl groups is 1. The maximum Gasteiger partial charge on any atom is 0.221 e. The van der Waals surface area contributed by atoms with Crippen LogP contribution in [0.2, 0.25) is 0 Å². The lowest BCUT2D eigenvalue weighted by molar-refractivity contribution is -0.127. The number of nitrogens with zero attached hydrogens (tertiary/aromatic N) is 1. The number of carbonyl (C=O) groups is 1. The van der Waals surface area contributed by atoms with Crippen molar-refractivity contribution in [1.82, 2.24) is 4.90 Å². The summed E-state index contributed by atoms with van der Waals surface area (Å²) in [5, 5.41) is 9.00. The highest BCUT2D eigenvalue weighted by molar-refractivity contribution is 5.76. The quantitative estimate of drug-likeness (QED) is 0.694. The lowest BCUT2D eigenvalue weighted by Gasteiger charge is -2.35. The highest BCUT2D eigenvalue weighted by atomic mass is 16.5. The first kappa shape index (κ1) is 11.8. The molecular formula is C11H20N2O3. The second kappa shape index (κ2) is 5.12. The first-order valence-electron chi connectivity index (χ1n) is 6.00. The van der Waals surface area contributed by atoms with Crippen LogP contribution in [0.5, 0.6) is 0 Å². The van der Waals surface area contributed by atoms with Crippen molar-refractivity contribution in [2.45, 2.75) is 38.0 Å². The van der Waals surface area contributed by atoms with Crippen molar-refractivity contribution in [2.75, 3.05) is 19.7 Å². The summed E-state index contributed by atoms with van der Waals surface area (Å²) in [5.41, 5.74) is 5.34. The van der Waals surface area contributed by atoms with Crippen LogP contribution in [0.1, 0.15) is 25.7 Å². The smallest absolute Gasteiger partial charge is 0.221 e. The highest BCUT2D eigenvalue weighted by Crippen LogP contribution is 2.26. The van der Waals surface area contributed by atoms with Crippen LogP contribution in [0.3, 0.4) is 0 Å². The summed E-state index contributed by atoms with van der Waals surface area (Å²) in [4.78, 5) is 13.3. The summed E-state index contributed by atoms with van der Waals surface area (Å²) in [6.07, 6.45) is 3.77. The number of nitrogens with two attached hydrogens (primary N) is 1. The van der Waals surface area contributed by atoms with E-state index in [2.05, 4.69) is 4.90 Å². The van der Waals surface area contributed by atoms with Crippen LogP contribution < -0.4 is 5.73 Å². The number of piperidine rings is 1. The predicted octanol–water partition coefficient (Wildman–Crippen LogP) is -0.319. The van der Waals surface area contributed by atoms with Crippen molar-refractivity contribution in [3.05, 3.63) is 0 Å². The van der Waals surface area contributed by atoms with Crippen LogP contribution in [0.15, 0.2) is 0 Å². The van der Waals surface area contributed by atoms with Gasteiger partial charge in [-0.25, -0.2) is 0 Å². The molecule has 0 spiro atoms. The number of primary amides is 1. The third-order valence-electron chi connectivity index (χ3n) is 3.55. The zero-order chi connectivity index (χ0) is 11.5. The second-order valence-corrected chi connectivity index (χ2v) is 4.71. The number of aliphatic hydroxyl groups excluding tert-OH is 1. The van der Waals surface area contributed by atoms with Crippen molar-refractivity contribution in [3.63, 3.8) is 0 Å². The predicted molar refractivity (Wildman–Crippen MR) is 58.5 cm³/mol. The Morgan fingerprint density at radius 1 is 1.44 bits per heavy atom. The molecule has 0 aromatic rings. The number of hydrogen-bond donors (Lipinski definition) is 2. The third kappa shape index (κ3) is 2.53. The van der Waals surface area contributed by atoms with Crippen LogP contribution in [0.25, 0.3) is 0 Å². The van der Waals surface area contributed by atoms with E-state index >= 15 is 0 Å². The maximum atomic E-state index is 11.2. The molecule has 0 radical (unpaired) electrons. The molecule has 2 heterocycles. The van der Waals surface area contributed by atoms with E-state index in [1.54, 1.807) is 0 Å². The van der Waals surface area contributed by atoms with Gasteiger partial charge in [-0.3, -0.25) is 9.69 Å². The number of hydrogen-bond acceptors (Lipinski definition) is 4. The van der Waals surface area contributed by atoms with Crippen molar-refractivity contribution < 1.29 is 14.6 Å². The molecule has 2 fully saturated rings. The topological polar surface area (TPSA) is 75.8 Å². The van der Waals surface area contributed by atoms with Crippen molar-refractivity contribution in [3.8, 4) is 0 Å². The van der Waals surface area contributed by atoms with Gasteiger partial charge in [0.2, 0.25) is 5.91 Å². The SMILES string of the molecule is NC(=O)C1CCCN([C@H]2CC[C@@H](CO)O2)C1. The lowest BCUT2D eigenvalue weighted by Crippen LogP contribution is -2.46.